The molecule has 0 aliphatic rings. The number of hydrogen-bond acceptors (Lipinski definition) is 3. The van der Waals surface area contributed by atoms with E-state index in [0.717, 1.165) is 12.0 Å². The molecule has 1 aromatic rings. The van der Waals surface area contributed by atoms with E-state index in [9.17, 15) is 10.0 Å². The summed E-state index contributed by atoms with van der Waals surface area (Å²) in [6.45, 7) is 7.23. The zero-order valence-corrected chi connectivity index (χ0v) is 10.2. The summed E-state index contributed by atoms with van der Waals surface area (Å²) in [4.78, 5) is 12.0. The third-order valence-corrected chi connectivity index (χ3v) is 2.42. The van der Waals surface area contributed by atoms with Gasteiger partial charge in [-0.3, -0.25) is 4.79 Å². The Labute approximate surface area is 95.7 Å². The molecule has 0 aliphatic heterocycles. The van der Waals surface area contributed by atoms with Gasteiger partial charge in [0.2, 0.25) is 5.78 Å². The quantitative estimate of drug-likeness (QED) is 0.470. The molecule has 88 valence electrons. The van der Waals surface area contributed by atoms with Gasteiger partial charge in [0, 0.05) is 11.0 Å². The molecule has 0 amide bonds. The number of anilines is 1. The van der Waals surface area contributed by atoms with Crippen LogP contribution in [0.4, 0.5) is 5.69 Å². The first-order valence-corrected chi connectivity index (χ1v) is 5.33. The molecule has 0 saturated heterocycles. The fourth-order valence-electron chi connectivity index (χ4n) is 1.43. The van der Waals surface area contributed by atoms with Gasteiger partial charge < -0.3 is 10.9 Å². The van der Waals surface area contributed by atoms with Crippen LogP contribution in [-0.4, -0.2) is 5.78 Å². The fourth-order valence-corrected chi connectivity index (χ4v) is 1.43. The molecular formula is C12H18N2O2. The lowest BCUT2D eigenvalue weighted by molar-refractivity contribution is -0.607. The van der Waals surface area contributed by atoms with Crippen molar-refractivity contribution in [2.75, 3.05) is 5.73 Å². The Balaban J connectivity index is 3.31. The third-order valence-electron chi connectivity index (χ3n) is 2.42. The van der Waals surface area contributed by atoms with Crippen LogP contribution in [-0.2, 0) is 6.42 Å². The Morgan fingerprint density at radius 3 is 2.44 bits per heavy atom. The summed E-state index contributed by atoms with van der Waals surface area (Å²) in [5, 5.41) is 11.7. The van der Waals surface area contributed by atoms with Crippen LogP contribution in [0.5, 0.6) is 0 Å². The number of aryl methyl sites for hydroxylation is 1. The number of nitrogens with zero attached hydrogens (tertiary/aromatic N) is 1. The summed E-state index contributed by atoms with van der Waals surface area (Å²) in [7, 11) is 0. The van der Waals surface area contributed by atoms with Gasteiger partial charge in [0.25, 0.3) is 5.69 Å². The van der Waals surface area contributed by atoms with Gasteiger partial charge in [0.1, 0.15) is 5.69 Å². The maximum atomic E-state index is 12.0. The molecule has 0 bridgehead atoms. The number of carbonyl (C=O) groups excluding carboxylic acids is 1. The molecule has 0 spiro atoms. The minimum atomic E-state index is -0.603. The van der Waals surface area contributed by atoms with Crippen molar-refractivity contribution in [1.82, 2.24) is 0 Å². The summed E-state index contributed by atoms with van der Waals surface area (Å²) < 4.78 is 0.585. The van der Waals surface area contributed by atoms with E-state index in [2.05, 4.69) is 0 Å². The second kappa shape index (κ2) is 4.12. The first-order chi connectivity index (χ1) is 7.27. The summed E-state index contributed by atoms with van der Waals surface area (Å²) in [6.07, 6.45) is 2.13. The van der Waals surface area contributed by atoms with E-state index < -0.39 is 5.41 Å². The average Bonchev–Trinajstić information content (AvgIpc) is 2.14. The number of ketones is 1. The minimum Gasteiger partial charge on any atom is -0.618 e. The SMILES string of the molecule is CCc1cc(N)c(C(=O)C(C)(C)C)[n+]([O-])c1. The number of nitrogen functional groups attached to an aromatic ring is 1. The molecule has 0 aromatic carbocycles. The average molecular weight is 222 g/mol. The van der Waals surface area contributed by atoms with Gasteiger partial charge in [-0.1, -0.05) is 27.7 Å². The highest BCUT2D eigenvalue weighted by molar-refractivity contribution is 6.00. The molecule has 16 heavy (non-hydrogen) atoms. The molecule has 2 N–H and O–H groups in total. The van der Waals surface area contributed by atoms with Gasteiger partial charge >= 0.3 is 0 Å². The third kappa shape index (κ3) is 2.32. The van der Waals surface area contributed by atoms with Crippen molar-refractivity contribution < 1.29 is 9.52 Å². The van der Waals surface area contributed by atoms with E-state index in [-0.39, 0.29) is 17.2 Å². The largest absolute Gasteiger partial charge is 0.618 e. The second-order valence-electron chi connectivity index (χ2n) is 4.91. The highest BCUT2D eigenvalue weighted by Crippen LogP contribution is 2.22. The zero-order chi connectivity index (χ0) is 12.5. The first-order valence-electron chi connectivity index (χ1n) is 5.33. The molecule has 1 aromatic heterocycles. The van der Waals surface area contributed by atoms with Crippen molar-refractivity contribution in [2.24, 2.45) is 5.41 Å². The van der Waals surface area contributed by atoms with E-state index >= 15 is 0 Å². The molecule has 4 nitrogen and oxygen atoms in total. The molecule has 0 radical (unpaired) electrons. The number of carbonyl (C=O) groups is 1. The summed E-state index contributed by atoms with van der Waals surface area (Å²) in [5.41, 5.74) is 6.29. The van der Waals surface area contributed by atoms with Gasteiger partial charge in [-0.05, 0) is 12.5 Å². The Bertz CT molecular complexity index is 397. The maximum absolute atomic E-state index is 12.0. The van der Waals surface area contributed by atoms with Crippen LogP contribution in [0, 0.1) is 10.6 Å². The Morgan fingerprint density at radius 1 is 1.50 bits per heavy atom. The summed E-state index contributed by atoms with van der Waals surface area (Å²) >= 11 is 0. The van der Waals surface area contributed by atoms with E-state index in [1.807, 2.05) is 6.92 Å². The van der Waals surface area contributed by atoms with Crippen molar-refractivity contribution >= 4 is 11.5 Å². The minimum absolute atomic E-state index is 0.0460. The van der Waals surface area contributed by atoms with E-state index in [1.54, 1.807) is 26.8 Å². The predicted molar refractivity (Wildman–Crippen MR) is 63.0 cm³/mol. The molecule has 1 heterocycles. The van der Waals surface area contributed by atoms with E-state index in [4.69, 9.17) is 5.73 Å². The van der Waals surface area contributed by atoms with Crippen LogP contribution in [0.2, 0.25) is 0 Å². The van der Waals surface area contributed by atoms with Crippen LogP contribution in [0.1, 0.15) is 43.7 Å². The van der Waals surface area contributed by atoms with Crippen molar-refractivity contribution in [1.29, 1.82) is 0 Å². The van der Waals surface area contributed by atoms with Crippen LogP contribution < -0.4 is 10.5 Å². The van der Waals surface area contributed by atoms with Gasteiger partial charge in [-0.25, -0.2) is 0 Å². The molecule has 4 heteroatoms. The van der Waals surface area contributed by atoms with Crippen LogP contribution >= 0.6 is 0 Å². The number of rotatable bonds is 2. The highest BCUT2D eigenvalue weighted by Gasteiger charge is 2.31. The summed E-state index contributed by atoms with van der Waals surface area (Å²) in [5.74, 6) is -0.234. The lowest BCUT2D eigenvalue weighted by Crippen LogP contribution is -2.40. The Hall–Kier alpha value is -1.58. The highest BCUT2D eigenvalue weighted by atomic mass is 16.5. The summed E-state index contributed by atoms with van der Waals surface area (Å²) in [6, 6.07) is 1.69. The fraction of sp³-hybridized carbons (Fsp3) is 0.500. The van der Waals surface area contributed by atoms with Crippen molar-refractivity contribution in [2.45, 2.75) is 34.1 Å². The first kappa shape index (κ1) is 12.5. The predicted octanol–water partition coefficient (Wildman–Crippen LogP) is 1.69. The Morgan fingerprint density at radius 2 is 2.06 bits per heavy atom. The van der Waals surface area contributed by atoms with Crippen molar-refractivity contribution in [3.05, 3.63) is 28.7 Å². The molecule has 0 fully saturated rings. The molecule has 1 rings (SSSR count). The van der Waals surface area contributed by atoms with Crippen LogP contribution in [0.3, 0.4) is 0 Å². The lowest BCUT2D eigenvalue weighted by atomic mass is 9.88. The lowest BCUT2D eigenvalue weighted by Gasteiger charge is -2.17. The maximum Gasteiger partial charge on any atom is 0.283 e. The number of hydrogen-bond donors (Lipinski definition) is 1. The molecular weight excluding hydrogens is 204 g/mol. The normalized spacial score (nSPS) is 11.5. The number of pyridine rings is 1. The number of Topliss-reactive ketones (excluding diaryl/α,β-unsaturated/α-hetero) is 1. The van der Waals surface area contributed by atoms with Crippen molar-refractivity contribution in [3.8, 4) is 0 Å². The van der Waals surface area contributed by atoms with Gasteiger partial charge in [-0.2, -0.15) is 4.73 Å². The van der Waals surface area contributed by atoms with E-state index in [0.29, 0.717) is 4.73 Å². The number of nitrogens with two attached hydrogens (primary N) is 1. The van der Waals surface area contributed by atoms with Crippen LogP contribution in [0.25, 0.3) is 0 Å². The van der Waals surface area contributed by atoms with Crippen LogP contribution in [0.15, 0.2) is 12.3 Å². The van der Waals surface area contributed by atoms with Crippen molar-refractivity contribution in [3.63, 3.8) is 0 Å². The van der Waals surface area contributed by atoms with Gasteiger partial charge in [0.15, 0.2) is 6.20 Å². The standard InChI is InChI=1S/C12H18N2O2/c1-5-8-6-9(13)10(14(16)7-8)11(15)12(2,3)4/h6-7H,5,13H2,1-4H3. The molecule has 0 atom stereocenters. The topological polar surface area (TPSA) is 70.0 Å². The monoisotopic (exact) mass is 222 g/mol. The van der Waals surface area contributed by atoms with Gasteiger partial charge in [0.05, 0.1) is 0 Å². The zero-order valence-electron chi connectivity index (χ0n) is 10.2. The second-order valence-corrected chi connectivity index (χ2v) is 4.91. The number of aromatic nitrogens is 1. The van der Waals surface area contributed by atoms with Gasteiger partial charge in [-0.15, -0.1) is 0 Å². The molecule has 0 unspecified atom stereocenters. The Kier molecular flexibility index (Phi) is 3.21. The van der Waals surface area contributed by atoms with E-state index in [1.165, 1.54) is 6.20 Å². The molecule has 0 aliphatic carbocycles. The smallest absolute Gasteiger partial charge is 0.283 e. The molecule has 0 saturated carbocycles.